The van der Waals surface area contributed by atoms with E-state index in [2.05, 4.69) is 67.7 Å². The van der Waals surface area contributed by atoms with E-state index in [-0.39, 0.29) is 0 Å². The van der Waals surface area contributed by atoms with Crippen LogP contribution in [-0.4, -0.2) is 44.4 Å². The van der Waals surface area contributed by atoms with Gasteiger partial charge in [-0.1, -0.05) is 60.7 Å². The number of ether oxygens (including phenoxy) is 1. The molecule has 2 heteroatoms. The topological polar surface area (TPSA) is 9.23 Å². The maximum absolute atomic E-state index is 6.16. The molecule has 2 aromatic rings. The van der Waals surface area contributed by atoms with Gasteiger partial charge >= 0.3 is 0 Å². The number of likely N-dealkylation sites (N-methyl/N-ethyl adjacent to an activating group) is 1. The first-order valence-electron chi connectivity index (χ1n) is 9.28. The standard InChI is InChI=1S/C22H30NO/c1-23(15-9-4-10-16-23)17-18-24-19-22(20-11-5-2-6-12-20)21-13-7-3-8-14-21/h2-3,5-8,11-14,22H,4,9-10,15-19H2,1H3/q+1. The minimum Gasteiger partial charge on any atom is -0.375 e. The quantitative estimate of drug-likeness (QED) is 0.539. The number of likely N-dealkylation sites (tertiary alicyclic amines) is 1. The smallest absolute Gasteiger partial charge is 0.102 e. The van der Waals surface area contributed by atoms with E-state index in [0.29, 0.717) is 5.92 Å². The van der Waals surface area contributed by atoms with Gasteiger partial charge < -0.3 is 9.22 Å². The molecule has 1 saturated heterocycles. The van der Waals surface area contributed by atoms with Gasteiger partial charge in [0, 0.05) is 5.92 Å². The third-order valence-electron chi connectivity index (χ3n) is 5.36. The van der Waals surface area contributed by atoms with Gasteiger partial charge in [0.05, 0.1) is 33.4 Å². The molecule has 0 unspecified atom stereocenters. The van der Waals surface area contributed by atoms with E-state index < -0.39 is 0 Å². The summed E-state index contributed by atoms with van der Waals surface area (Å²) in [5.74, 6) is 0.319. The fraction of sp³-hybridized carbons (Fsp3) is 0.455. The van der Waals surface area contributed by atoms with Gasteiger partial charge in [0.2, 0.25) is 0 Å². The second-order valence-corrected chi connectivity index (χ2v) is 7.30. The van der Waals surface area contributed by atoms with Crippen molar-refractivity contribution in [2.45, 2.75) is 25.2 Å². The van der Waals surface area contributed by atoms with Crippen LogP contribution in [0.2, 0.25) is 0 Å². The van der Waals surface area contributed by atoms with Gasteiger partial charge in [-0.3, -0.25) is 0 Å². The Kier molecular flexibility index (Phi) is 6.06. The highest BCUT2D eigenvalue weighted by Crippen LogP contribution is 2.25. The number of benzene rings is 2. The third kappa shape index (κ3) is 4.68. The summed E-state index contributed by atoms with van der Waals surface area (Å²) in [5, 5.41) is 0. The maximum Gasteiger partial charge on any atom is 0.102 e. The van der Waals surface area contributed by atoms with E-state index >= 15 is 0 Å². The first-order valence-corrected chi connectivity index (χ1v) is 9.28. The Bertz CT molecular complexity index is 550. The molecule has 0 saturated carbocycles. The average Bonchev–Trinajstić information content (AvgIpc) is 2.64. The van der Waals surface area contributed by atoms with Crippen LogP contribution in [0.3, 0.4) is 0 Å². The molecule has 1 aliphatic heterocycles. The fourth-order valence-electron chi connectivity index (χ4n) is 3.74. The zero-order valence-corrected chi connectivity index (χ0v) is 14.9. The molecule has 0 spiro atoms. The van der Waals surface area contributed by atoms with Crippen LogP contribution < -0.4 is 0 Å². The number of hydrogen-bond donors (Lipinski definition) is 0. The molecule has 2 nitrogen and oxygen atoms in total. The van der Waals surface area contributed by atoms with Crippen molar-refractivity contribution in [2.75, 3.05) is 39.9 Å². The molecule has 0 aliphatic carbocycles. The highest BCUT2D eigenvalue weighted by Gasteiger charge is 2.24. The minimum atomic E-state index is 0.319. The molecule has 1 fully saturated rings. The van der Waals surface area contributed by atoms with Gasteiger partial charge in [-0.25, -0.2) is 0 Å². The Labute approximate surface area is 146 Å². The Morgan fingerprint density at radius 3 is 1.92 bits per heavy atom. The molecule has 0 atom stereocenters. The third-order valence-corrected chi connectivity index (χ3v) is 5.36. The molecule has 1 aliphatic rings. The van der Waals surface area contributed by atoms with E-state index in [4.69, 9.17) is 4.74 Å². The van der Waals surface area contributed by atoms with Crippen molar-refractivity contribution in [2.24, 2.45) is 0 Å². The summed E-state index contributed by atoms with van der Waals surface area (Å²) >= 11 is 0. The van der Waals surface area contributed by atoms with Crippen molar-refractivity contribution in [3.8, 4) is 0 Å². The Hall–Kier alpha value is -1.64. The van der Waals surface area contributed by atoms with Gasteiger partial charge in [-0.15, -0.1) is 0 Å². The second-order valence-electron chi connectivity index (χ2n) is 7.30. The molecule has 0 N–H and O–H groups in total. The van der Waals surface area contributed by atoms with Crippen LogP contribution in [0, 0.1) is 0 Å². The summed E-state index contributed by atoms with van der Waals surface area (Å²) in [4.78, 5) is 0. The largest absolute Gasteiger partial charge is 0.375 e. The lowest BCUT2D eigenvalue weighted by Crippen LogP contribution is -2.49. The van der Waals surface area contributed by atoms with Crippen molar-refractivity contribution in [3.05, 3.63) is 71.8 Å². The van der Waals surface area contributed by atoms with E-state index in [1.54, 1.807) is 0 Å². The lowest BCUT2D eigenvalue weighted by atomic mass is 9.92. The molecule has 0 amide bonds. The van der Waals surface area contributed by atoms with Gasteiger partial charge in [-0.2, -0.15) is 0 Å². The average molecular weight is 324 g/mol. The first-order chi connectivity index (χ1) is 11.8. The number of nitrogens with zero attached hydrogens (tertiary/aromatic N) is 1. The minimum absolute atomic E-state index is 0.319. The molecule has 128 valence electrons. The molecule has 0 aromatic heterocycles. The summed E-state index contributed by atoms with van der Waals surface area (Å²) in [6, 6.07) is 21.5. The Morgan fingerprint density at radius 2 is 1.38 bits per heavy atom. The molecule has 0 bridgehead atoms. The highest BCUT2D eigenvalue weighted by atomic mass is 16.5. The number of hydrogen-bond acceptors (Lipinski definition) is 1. The lowest BCUT2D eigenvalue weighted by molar-refractivity contribution is -0.914. The van der Waals surface area contributed by atoms with E-state index in [1.807, 2.05) is 0 Å². The summed E-state index contributed by atoms with van der Waals surface area (Å²) in [5.41, 5.74) is 2.67. The second kappa shape index (κ2) is 8.46. The van der Waals surface area contributed by atoms with Crippen molar-refractivity contribution in [1.82, 2.24) is 0 Å². The van der Waals surface area contributed by atoms with Crippen LogP contribution in [-0.2, 0) is 4.74 Å². The predicted molar refractivity (Wildman–Crippen MR) is 100 cm³/mol. The number of rotatable bonds is 7. The van der Waals surface area contributed by atoms with Crippen LogP contribution in [0.5, 0.6) is 0 Å². The van der Waals surface area contributed by atoms with E-state index in [9.17, 15) is 0 Å². The first kappa shape index (κ1) is 17.2. The van der Waals surface area contributed by atoms with Crippen molar-refractivity contribution in [3.63, 3.8) is 0 Å². The van der Waals surface area contributed by atoms with Gasteiger partial charge in [0.15, 0.2) is 0 Å². The van der Waals surface area contributed by atoms with Crippen LogP contribution in [0.25, 0.3) is 0 Å². The SMILES string of the molecule is C[N+]1(CCOCC(c2ccccc2)c2ccccc2)CCCCC1. The Morgan fingerprint density at radius 1 is 0.833 bits per heavy atom. The van der Waals surface area contributed by atoms with Gasteiger partial charge in [0.25, 0.3) is 0 Å². The predicted octanol–water partition coefficient (Wildman–Crippen LogP) is 4.47. The van der Waals surface area contributed by atoms with Crippen LogP contribution in [0.4, 0.5) is 0 Å². The fourth-order valence-corrected chi connectivity index (χ4v) is 3.74. The zero-order chi connectivity index (χ0) is 16.7. The van der Waals surface area contributed by atoms with Crippen LogP contribution in [0.15, 0.2) is 60.7 Å². The molecule has 1 heterocycles. The van der Waals surface area contributed by atoms with Crippen molar-refractivity contribution < 1.29 is 9.22 Å². The van der Waals surface area contributed by atoms with E-state index in [0.717, 1.165) is 19.8 Å². The van der Waals surface area contributed by atoms with Crippen molar-refractivity contribution >= 4 is 0 Å². The highest BCUT2D eigenvalue weighted by molar-refractivity contribution is 5.32. The zero-order valence-electron chi connectivity index (χ0n) is 14.9. The molecular formula is C22H30NO+. The molecule has 2 aromatic carbocycles. The van der Waals surface area contributed by atoms with Gasteiger partial charge in [-0.05, 0) is 30.4 Å². The van der Waals surface area contributed by atoms with Crippen molar-refractivity contribution in [1.29, 1.82) is 0 Å². The van der Waals surface area contributed by atoms with Gasteiger partial charge in [0.1, 0.15) is 6.54 Å². The molecule has 3 rings (SSSR count). The molecular weight excluding hydrogens is 294 g/mol. The summed E-state index contributed by atoms with van der Waals surface area (Å²) in [6.45, 7) is 5.37. The van der Waals surface area contributed by atoms with E-state index in [1.165, 1.54) is 48.0 Å². The Balaban J connectivity index is 1.59. The van der Waals surface area contributed by atoms with Crippen LogP contribution in [0.1, 0.15) is 36.3 Å². The van der Waals surface area contributed by atoms with Crippen LogP contribution >= 0.6 is 0 Å². The number of piperidine rings is 1. The lowest BCUT2D eigenvalue weighted by Gasteiger charge is -2.37. The number of quaternary nitrogens is 1. The molecule has 24 heavy (non-hydrogen) atoms. The molecule has 0 radical (unpaired) electrons. The summed E-state index contributed by atoms with van der Waals surface area (Å²) < 4.78 is 7.34. The maximum atomic E-state index is 6.16. The summed E-state index contributed by atoms with van der Waals surface area (Å²) in [7, 11) is 2.38. The monoisotopic (exact) mass is 324 g/mol. The normalized spacial score (nSPS) is 17.1. The summed E-state index contributed by atoms with van der Waals surface area (Å²) in [6.07, 6.45) is 4.14.